The average molecular weight is 219 g/mol. The lowest BCUT2D eigenvalue weighted by Gasteiger charge is -2.12. The minimum Gasteiger partial charge on any atom is -0.396 e. The topological polar surface area (TPSA) is 32.3 Å². The van der Waals surface area contributed by atoms with Crippen molar-refractivity contribution in [2.45, 2.75) is 45.6 Å². The first-order valence-corrected chi connectivity index (χ1v) is 6.88. The summed E-state index contributed by atoms with van der Waals surface area (Å²) >= 11 is 1.92. The predicted molar refractivity (Wildman–Crippen MR) is 66.0 cm³/mol. The largest absolute Gasteiger partial charge is 0.396 e. The van der Waals surface area contributed by atoms with Gasteiger partial charge in [0.15, 0.2) is 0 Å². The molecule has 86 valence electrons. The van der Waals surface area contributed by atoms with E-state index in [1.165, 1.54) is 19.3 Å². The van der Waals surface area contributed by atoms with Gasteiger partial charge in [-0.25, -0.2) is 0 Å². The highest BCUT2D eigenvalue weighted by atomic mass is 32.2. The van der Waals surface area contributed by atoms with Gasteiger partial charge in [0, 0.05) is 24.9 Å². The van der Waals surface area contributed by atoms with Crippen molar-refractivity contribution < 1.29 is 5.11 Å². The number of nitrogens with one attached hydrogen (secondary N) is 1. The van der Waals surface area contributed by atoms with Crippen LogP contribution in [0.4, 0.5) is 0 Å². The zero-order chi connectivity index (χ0) is 10.6. The molecular weight excluding hydrogens is 194 g/mol. The molecule has 1 atom stereocenters. The summed E-state index contributed by atoms with van der Waals surface area (Å²) in [5.74, 6) is 2.25. The zero-order valence-corrected chi connectivity index (χ0v) is 10.4. The Balaban J connectivity index is 3.02. The minimum atomic E-state index is 0.327. The molecule has 0 saturated carbocycles. The van der Waals surface area contributed by atoms with Crippen LogP contribution in [0.1, 0.15) is 39.5 Å². The summed E-state index contributed by atoms with van der Waals surface area (Å²) < 4.78 is 0. The molecule has 1 unspecified atom stereocenters. The number of thioether (sulfide) groups is 1. The van der Waals surface area contributed by atoms with Gasteiger partial charge in [0.25, 0.3) is 0 Å². The van der Waals surface area contributed by atoms with Crippen molar-refractivity contribution in [3.63, 3.8) is 0 Å². The molecule has 0 spiro atoms. The van der Waals surface area contributed by atoms with Crippen LogP contribution in [0.5, 0.6) is 0 Å². The number of rotatable bonds is 10. The van der Waals surface area contributed by atoms with E-state index in [0.717, 1.165) is 24.5 Å². The van der Waals surface area contributed by atoms with E-state index in [2.05, 4.69) is 19.2 Å². The second-order valence-electron chi connectivity index (χ2n) is 3.69. The van der Waals surface area contributed by atoms with Crippen LogP contribution in [0.25, 0.3) is 0 Å². The van der Waals surface area contributed by atoms with Crippen molar-refractivity contribution in [1.29, 1.82) is 0 Å². The van der Waals surface area contributed by atoms with Crippen LogP contribution in [-0.4, -0.2) is 35.8 Å². The molecule has 2 nitrogen and oxygen atoms in total. The van der Waals surface area contributed by atoms with E-state index in [1.54, 1.807) is 0 Å². The van der Waals surface area contributed by atoms with Crippen molar-refractivity contribution in [3.8, 4) is 0 Å². The third-order valence-electron chi connectivity index (χ3n) is 2.18. The molecule has 0 heterocycles. The van der Waals surface area contributed by atoms with Gasteiger partial charge in [-0.3, -0.25) is 0 Å². The van der Waals surface area contributed by atoms with Crippen LogP contribution in [0.3, 0.4) is 0 Å². The molecule has 0 radical (unpaired) electrons. The molecule has 2 N–H and O–H groups in total. The molecule has 14 heavy (non-hydrogen) atoms. The Hall–Kier alpha value is 0.270. The Morgan fingerprint density at radius 1 is 1.29 bits per heavy atom. The summed E-state index contributed by atoms with van der Waals surface area (Å²) in [7, 11) is 0. The predicted octanol–water partition coefficient (Wildman–Crippen LogP) is 2.27. The smallest absolute Gasteiger partial charge is 0.0438 e. The van der Waals surface area contributed by atoms with Gasteiger partial charge in [-0.05, 0) is 25.5 Å². The fourth-order valence-electron chi connectivity index (χ4n) is 1.26. The molecule has 0 amide bonds. The van der Waals surface area contributed by atoms with Crippen molar-refractivity contribution in [3.05, 3.63) is 0 Å². The third kappa shape index (κ3) is 10.4. The van der Waals surface area contributed by atoms with Crippen molar-refractivity contribution >= 4 is 11.8 Å². The van der Waals surface area contributed by atoms with Gasteiger partial charge >= 0.3 is 0 Å². The monoisotopic (exact) mass is 219 g/mol. The van der Waals surface area contributed by atoms with Gasteiger partial charge in [-0.15, -0.1) is 0 Å². The van der Waals surface area contributed by atoms with Gasteiger partial charge in [0.1, 0.15) is 0 Å². The first-order chi connectivity index (χ1) is 6.81. The maximum Gasteiger partial charge on any atom is 0.0438 e. The normalized spacial score (nSPS) is 13.1. The van der Waals surface area contributed by atoms with Crippen LogP contribution in [0, 0.1) is 0 Å². The van der Waals surface area contributed by atoms with Gasteiger partial charge in [0.2, 0.25) is 0 Å². The van der Waals surface area contributed by atoms with E-state index in [4.69, 9.17) is 5.11 Å². The van der Waals surface area contributed by atoms with E-state index >= 15 is 0 Å². The summed E-state index contributed by atoms with van der Waals surface area (Å²) in [6, 6.07) is 0.661. The summed E-state index contributed by atoms with van der Waals surface area (Å²) in [6.07, 6.45) is 4.83. The first kappa shape index (κ1) is 14.3. The summed E-state index contributed by atoms with van der Waals surface area (Å²) in [6.45, 7) is 5.92. The molecule has 0 aromatic carbocycles. The molecule has 0 saturated heterocycles. The molecule has 0 bridgehead atoms. The second-order valence-corrected chi connectivity index (χ2v) is 4.91. The molecule has 0 aromatic heterocycles. The highest BCUT2D eigenvalue weighted by molar-refractivity contribution is 7.99. The first-order valence-electron chi connectivity index (χ1n) is 5.73. The van der Waals surface area contributed by atoms with E-state index in [9.17, 15) is 0 Å². The second kappa shape index (κ2) is 11.3. The molecule has 0 aromatic rings. The number of aliphatic hydroxyl groups is 1. The molecule has 0 aliphatic carbocycles. The summed E-state index contributed by atoms with van der Waals surface area (Å²) in [5, 5.41) is 12.1. The number of aliphatic hydroxyl groups excluding tert-OH is 1. The van der Waals surface area contributed by atoms with E-state index in [1.807, 2.05) is 11.8 Å². The van der Waals surface area contributed by atoms with Crippen LogP contribution >= 0.6 is 11.8 Å². The van der Waals surface area contributed by atoms with Gasteiger partial charge in [-0.2, -0.15) is 11.8 Å². The highest BCUT2D eigenvalue weighted by Gasteiger charge is 1.98. The zero-order valence-electron chi connectivity index (χ0n) is 9.59. The number of unbranched alkanes of at least 4 members (excludes halogenated alkanes) is 1. The molecular formula is C11H25NOS. The maximum absolute atomic E-state index is 8.58. The Bertz CT molecular complexity index is 111. The molecule has 0 fully saturated rings. The van der Waals surface area contributed by atoms with E-state index in [-0.39, 0.29) is 0 Å². The molecule has 0 rings (SSSR count). The number of hydrogen-bond donors (Lipinski definition) is 2. The van der Waals surface area contributed by atoms with E-state index in [0.29, 0.717) is 12.6 Å². The lowest BCUT2D eigenvalue weighted by molar-refractivity contribution is 0.296. The van der Waals surface area contributed by atoms with Crippen LogP contribution in [-0.2, 0) is 0 Å². The van der Waals surface area contributed by atoms with Crippen LogP contribution < -0.4 is 5.32 Å². The van der Waals surface area contributed by atoms with Crippen molar-refractivity contribution in [2.24, 2.45) is 0 Å². The van der Waals surface area contributed by atoms with Crippen LogP contribution in [0.2, 0.25) is 0 Å². The minimum absolute atomic E-state index is 0.327. The van der Waals surface area contributed by atoms with Gasteiger partial charge < -0.3 is 10.4 Å². The van der Waals surface area contributed by atoms with Gasteiger partial charge in [-0.1, -0.05) is 19.8 Å². The standard InChI is InChI=1S/C11H25NOS/c1-3-4-6-11(2)12-7-10-14-9-5-8-13/h11-13H,3-10H2,1-2H3. The number of hydrogen-bond acceptors (Lipinski definition) is 3. The lowest BCUT2D eigenvalue weighted by atomic mass is 10.1. The molecule has 0 aliphatic rings. The Morgan fingerprint density at radius 2 is 2.07 bits per heavy atom. The highest BCUT2D eigenvalue weighted by Crippen LogP contribution is 2.02. The SMILES string of the molecule is CCCCC(C)NCCSCCCO. The average Bonchev–Trinajstić information content (AvgIpc) is 2.20. The van der Waals surface area contributed by atoms with Crippen LogP contribution in [0.15, 0.2) is 0 Å². The van der Waals surface area contributed by atoms with Crippen molar-refractivity contribution in [2.75, 3.05) is 24.7 Å². The van der Waals surface area contributed by atoms with Crippen molar-refractivity contribution in [1.82, 2.24) is 5.32 Å². The van der Waals surface area contributed by atoms with Gasteiger partial charge in [0.05, 0.1) is 0 Å². The summed E-state index contributed by atoms with van der Waals surface area (Å²) in [5.41, 5.74) is 0. The molecule has 0 aliphatic heterocycles. The third-order valence-corrected chi connectivity index (χ3v) is 3.25. The fourth-order valence-corrected chi connectivity index (χ4v) is 2.06. The Labute approximate surface area is 92.9 Å². The molecule has 3 heteroatoms. The summed E-state index contributed by atoms with van der Waals surface area (Å²) in [4.78, 5) is 0. The Morgan fingerprint density at radius 3 is 2.71 bits per heavy atom. The fraction of sp³-hybridized carbons (Fsp3) is 1.00. The van der Waals surface area contributed by atoms with E-state index < -0.39 is 0 Å². The quantitative estimate of drug-likeness (QED) is 0.553. The maximum atomic E-state index is 8.58. The Kier molecular flexibility index (Phi) is 11.6. The lowest BCUT2D eigenvalue weighted by Crippen LogP contribution is -2.28.